The fraction of sp³-hybridized carbons (Fsp3) is 0.480. The first-order chi connectivity index (χ1) is 14.4. The third-order valence-corrected chi connectivity index (χ3v) is 6.15. The molecule has 30 heavy (non-hydrogen) atoms. The number of carbonyl (C=O) groups excluding carboxylic acids is 1. The molecule has 1 atom stereocenters. The first-order valence-electron chi connectivity index (χ1n) is 11.0. The highest BCUT2D eigenvalue weighted by Crippen LogP contribution is 2.25. The molecule has 2 aromatic rings. The number of anilines is 1. The van der Waals surface area contributed by atoms with Crippen molar-refractivity contribution in [2.45, 2.75) is 39.2 Å². The van der Waals surface area contributed by atoms with E-state index < -0.39 is 5.60 Å². The minimum atomic E-state index is -1.46. The summed E-state index contributed by atoms with van der Waals surface area (Å²) in [7, 11) is 0. The van der Waals surface area contributed by atoms with E-state index in [9.17, 15) is 9.90 Å². The van der Waals surface area contributed by atoms with Crippen LogP contribution in [0.1, 0.15) is 36.5 Å². The van der Waals surface area contributed by atoms with Crippen LogP contribution >= 0.6 is 0 Å². The van der Waals surface area contributed by atoms with Crippen LogP contribution in [0.25, 0.3) is 0 Å². The lowest BCUT2D eigenvalue weighted by molar-refractivity contribution is -0.141. The van der Waals surface area contributed by atoms with Gasteiger partial charge in [-0.25, -0.2) is 0 Å². The molecule has 0 spiro atoms. The Morgan fingerprint density at radius 2 is 1.77 bits per heavy atom. The minimum Gasteiger partial charge on any atom is -0.375 e. The number of nitrogens with one attached hydrogen (secondary N) is 1. The fourth-order valence-corrected chi connectivity index (χ4v) is 4.13. The van der Waals surface area contributed by atoms with Gasteiger partial charge in [-0.1, -0.05) is 49.4 Å². The summed E-state index contributed by atoms with van der Waals surface area (Å²) in [5.41, 5.74) is 3.17. The van der Waals surface area contributed by atoms with Gasteiger partial charge in [0.1, 0.15) is 0 Å². The van der Waals surface area contributed by atoms with Crippen LogP contribution < -0.4 is 10.2 Å². The normalized spacial score (nSPS) is 16.9. The highest BCUT2D eigenvalue weighted by Gasteiger charge is 2.35. The zero-order valence-electron chi connectivity index (χ0n) is 18.5. The van der Waals surface area contributed by atoms with Gasteiger partial charge in [-0.15, -0.1) is 0 Å². The van der Waals surface area contributed by atoms with Crippen LogP contribution in [0.3, 0.4) is 0 Å². The van der Waals surface area contributed by atoms with Crippen LogP contribution in [-0.4, -0.2) is 55.2 Å². The van der Waals surface area contributed by atoms with Gasteiger partial charge in [-0.2, -0.15) is 0 Å². The van der Waals surface area contributed by atoms with Crippen molar-refractivity contribution in [1.29, 1.82) is 0 Å². The Morgan fingerprint density at radius 1 is 1.07 bits per heavy atom. The molecule has 1 saturated heterocycles. The van der Waals surface area contributed by atoms with Gasteiger partial charge in [0.05, 0.1) is 0 Å². The SMILES string of the molecule is CCC(O)(C(=O)NCCCN1CCN(c2cc(C)ccc2C)CC1)c1ccccc1. The lowest BCUT2D eigenvalue weighted by atomic mass is 9.90. The van der Waals surface area contributed by atoms with E-state index in [1.165, 1.54) is 16.8 Å². The van der Waals surface area contributed by atoms with Gasteiger partial charge < -0.3 is 15.3 Å². The molecule has 0 aliphatic carbocycles. The van der Waals surface area contributed by atoms with Gasteiger partial charge in [0.2, 0.25) is 0 Å². The number of aliphatic hydroxyl groups is 1. The number of benzene rings is 2. The molecule has 0 saturated carbocycles. The number of hydrogen-bond donors (Lipinski definition) is 2. The van der Waals surface area contributed by atoms with Gasteiger partial charge in [0.25, 0.3) is 5.91 Å². The number of rotatable bonds is 8. The standard InChI is InChI=1S/C25H35N3O2/c1-4-25(30,22-9-6-5-7-10-22)24(29)26-13-8-14-27-15-17-28(18-16-27)23-19-20(2)11-12-21(23)3/h5-7,9-12,19,30H,4,8,13-18H2,1-3H3,(H,26,29). The number of aryl methyl sites for hydroxylation is 2. The minimum absolute atomic E-state index is 0.309. The lowest BCUT2D eigenvalue weighted by Gasteiger charge is -2.37. The Balaban J connectivity index is 1.42. The summed E-state index contributed by atoms with van der Waals surface area (Å²) >= 11 is 0. The van der Waals surface area contributed by atoms with E-state index in [-0.39, 0.29) is 5.91 Å². The van der Waals surface area contributed by atoms with Crippen molar-refractivity contribution in [1.82, 2.24) is 10.2 Å². The molecule has 1 fully saturated rings. The molecule has 1 aliphatic heterocycles. The Morgan fingerprint density at radius 3 is 2.43 bits per heavy atom. The molecule has 1 aliphatic rings. The number of carbonyl (C=O) groups is 1. The average molecular weight is 410 g/mol. The summed E-state index contributed by atoms with van der Waals surface area (Å²) < 4.78 is 0. The van der Waals surface area contributed by atoms with E-state index in [0.717, 1.165) is 39.1 Å². The first-order valence-corrected chi connectivity index (χ1v) is 11.0. The summed E-state index contributed by atoms with van der Waals surface area (Å²) in [6, 6.07) is 15.8. The van der Waals surface area contributed by atoms with Crippen molar-refractivity contribution in [2.24, 2.45) is 0 Å². The Hall–Kier alpha value is -2.37. The largest absolute Gasteiger partial charge is 0.375 e. The van der Waals surface area contributed by atoms with E-state index in [0.29, 0.717) is 18.5 Å². The summed E-state index contributed by atoms with van der Waals surface area (Å²) in [5, 5.41) is 13.8. The van der Waals surface area contributed by atoms with Gasteiger partial charge in [-0.3, -0.25) is 9.69 Å². The number of hydrogen-bond acceptors (Lipinski definition) is 4. The third kappa shape index (κ3) is 5.21. The van der Waals surface area contributed by atoms with Crippen molar-refractivity contribution in [2.75, 3.05) is 44.2 Å². The molecule has 2 N–H and O–H groups in total. The van der Waals surface area contributed by atoms with Crippen molar-refractivity contribution in [3.8, 4) is 0 Å². The summed E-state index contributed by atoms with van der Waals surface area (Å²) in [6.07, 6.45) is 1.23. The molecule has 2 aromatic carbocycles. The maximum absolute atomic E-state index is 12.6. The maximum Gasteiger partial charge on any atom is 0.256 e. The average Bonchev–Trinajstić information content (AvgIpc) is 2.78. The Labute approximate surface area is 180 Å². The second-order valence-electron chi connectivity index (χ2n) is 8.31. The number of amides is 1. The second-order valence-corrected chi connectivity index (χ2v) is 8.31. The third-order valence-electron chi connectivity index (χ3n) is 6.15. The molecule has 1 unspecified atom stereocenters. The number of piperazine rings is 1. The summed E-state index contributed by atoms with van der Waals surface area (Å²) in [5.74, 6) is -0.309. The number of nitrogens with zero attached hydrogens (tertiary/aromatic N) is 2. The molecule has 3 rings (SSSR count). The lowest BCUT2D eigenvalue weighted by Crippen LogP contribution is -2.48. The highest BCUT2D eigenvalue weighted by atomic mass is 16.3. The van der Waals surface area contributed by atoms with Crippen LogP contribution in [-0.2, 0) is 10.4 Å². The molecular formula is C25H35N3O2. The molecule has 1 heterocycles. The molecule has 5 nitrogen and oxygen atoms in total. The smallest absolute Gasteiger partial charge is 0.256 e. The van der Waals surface area contributed by atoms with E-state index in [4.69, 9.17) is 0 Å². The van der Waals surface area contributed by atoms with Crippen molar-refractivity contribution in [3.05, 3.63) is 65.2 Å². The van der Waals surface area contributed by atoms with Crippen LogP contribution in [0.2, 0.25) is 0 Å². The van der Waals surface area contributed by atoms with Crippen LogP contribution in [0.4, 0.5) is 5.69 Å². The van der Waals surface area contributed by atoms with E-state index in [1.54, 1.807) is 12.1 Å². The highest BCUT2D eigenvalue weighted by molar-refractivity contribution is 5.86. The van der Waals surface area contributed by atoms with Crippen LogP contribution in [0.5, 0.6) is 0 Å². The van der Waals surface area contributed by atoms with Crippen LogP contribution in [0.15, 0.2) is 48.5 Å². The summed E-state index contributed by atoms with van der Waals surface area (Å²) in [4.78, 5) is 17.6. The van der Waals surface area contributed by atoms with Gasteiger partial charge in [0.15, 0.2) is 5.60 Å². The first kappa shape index (κ1) is 22.3. The van der Waals surface area contributed by atoms with Crippen molar-refractivity contribution in [3.63, 3.8) is 0 Å². The predicted molar refractivity (Wildman–Crippen MR) is 123 cm³/mol. The fourth-order valence-electron chi connectivity index (χ4n) is 4.13. The van der Waals surface area contributed by atoms with E-state index in [1.807, 2.05) is 25.1 Å². The topological polar surface area (TPSA) is 55.8 Å². The molecule has 0 bridgehead atoms. The van der Waals surface area contributed by atoms with E-state index >= 15 is 0 Å². The quantitative estimate of drug-likeness (QED) is 0.658. The molecule has 1 amide bonds. The van der Waals surface area contributed by atoms with Crippen LogP contribution in [0, 0.1) is 13.8 Å². The van der Waals surface area contributed by atoms with Gasteiger partial charge in [-0.05, 0) is 56.0 Å². The second kappa shape index (κ2) is 10.1. The Kier molecular flexibility index (Phi) is 7.51. The maximum atomic E-state index is 12.6. The molecule has 0 aromatic heterocycles. The summed E-state index contributed by atoms with van der Waals surface area (Å²) in [6.45, 7) is 11.8. The zero-order chi connectivity index (χ0) is 21.6. The van der Waals surface area contributed by atoms with Gasteiger partial charge in [0, 0.05) is 38.4 Å². The molecule has 162 valence electrons. The monoisotopic (exact) mass is 409 g/mol. The molecular weight excluding hydrogens is 374 g/mol. The van der Waals surface area contributed by atoms with Crippen molar-refractivity contribution >= 4 is 11.6 Å². The molecule has 5 heteroatoms. The van der Waals surface area contributed by atoms with Crippen molar-refractivity contribution < 1.29 is 9.90 Å². The predicted octanol–water partition coefficient (Wildman–Crippen LogP) is 3.23. The zero-order valence-corrected chi connectivity index (χ0v) is 18.5. The van der Waals surface area contributed by atoms with Gasteiger partial charge >= 0.3 is 0 Å². The van der Waals surface area contributed by atoms with E-state index in [2.05, 4.69) is 47.2 Å². The molecule has 0 radical (unpaired) electrons. The Bertz CT molecular complexity index is 832.